The minimum Gasteiger partial charge on any atom is -0.382 e. The number of benzene rings is 1. The number of hydrogen-bond acceptors (Lipinski definition) is 4. The summed E-state index contributed by atoms with van der Waals surface area (Å²) in [4.78, 5) is 0. The topological polar surface area (TPSA) is 43.4 Å². The molecule has 0 bridgehead atoms. The lowest BCUT2D eigenvalue weighted by molar-refractivity contribution is 0.496. The Balaban J connectivity index is 2.57. The van der Waals surface area contributed by atoms with Crippen LogP contribution < -0.4 is 4.18 Å². The van der Waals surface area contributed by atoms with Crippen molar-refractivity contribution in [3.05, 3.63) is 29.6 Å². The van der Waals surface area contributed by atoms with Crippen LogP contribution >= 0.6 is 11.3 Å². The van der Waals surface area contributed by atoms with Gasteiger partial charge in [-0.05, 0) is 23.6 Å². The Labute approximate surface area is 86.1 Å². The summed E-state index contributed by atoms with van der Waals surface area (Å²) in [5.74, 6) is 0.395. The number of thiophene rings is 1. The molecule has 0 saturated heterocycles. The second-order valence-electron chi connectivity index (χ2n) is 2.88. The maximum Gasteiger partial charge on any atom is 0.306 e. The van der Waals surface area contributed by atoms with E-state index in [1.165, 1.54) is 0 Å². The monoisotopic (exact) mass is 228 g/mol. The largest absolute Gasteiger partial charge is 0.382 e. The van der Waals surface area contributed by atoms with Gasteiger partial charge in [0.1, 0.15) is 0 Å². The minimum atomic E-state index is -3.44. The Hall–Kier alpha value is -1.07. The fourth-order valence-corrected chi connectivity index (χ4v) is 2.48. The van der Waals surface area contributed by atoms with Crippen LogP contribution in [0.4, 0.5) is 0 Å². The van der Waals surface area contributed by atoms with Crippen molar-refractivity contribution in [1.29, 1.82) is 0 Å². The van der Waals surface area contributed by atoms with Crippen LogP contribution in [0.5, 0.6) is 5.75 Å². The Morgan fingerprint density at radius 2 is 2.07 bits per heavy atom. The summed E-state index contributed by atoms with van der Waals surface area (Å²) in [6.45, 7) is 0. The van der Waals surface area contributed by atoms with E-state index >= 15 is 0 Å². The van der Waals surface area contributed by atoms with Crippen molar-refractivity contribution < 1.29 is 12.6 Å². The molecule has 1 heterocycles. The van der Waals surface area contributed by atoms with Crippen molar-refractivity contribution >= 4 is 31.5 Å². The average molecular weight is 228 g/mol. The molecule has 1 aromatic heterocycles. The van der Waals surface area contributed by atoms with E-state index in [4.69, 9.17) is 4.18 Å². The molecule has 14 heavy (non-hydrogen) atoms. The zero-order valence-corrected chi connectivity index (χ0v) is 9.06. The van der Waals surface area contributed by atoms with Gasteiger partial charge in [0.05, 0.1) is 6.26 Å². The SMILES string of the molecule is CS(=O)(=O)Oc1cccc2sccc12. The Morgan fingerprint density at radius 1 is 1.29 bits per heavy atom. The van der Waals surface area contributed by atoms with Gasteiger partial charge in [-0.2, -0.15) is 8.42 Å². The highest BCUT2D eigenvalue weighted by molar-refractivity contribution is 7.86. The fraction of sp³-hybridized carbons (Fsp3) is 0.111. The summed E-state index contributed by atoms with van der Waals surface area (Å²) in [6.07, 6.45) is 1.04. The first-order valence-electron chi connectivity index (χ1n) is 3.92. The molecule has 0 N–H and O–H groups in total. The first-order chi connectivity index (χ1) is 6.56. The second-order valence-corrected chi connectivity index (χ2v) is 5.40. The van der Waals surface area contributed by atoms with Crippen molar-refractivity contribution in [1.82, 2.24) is 0 Å². The smallest absolute Gasteiger partial charge is 0.306 e. The zero-order chi connectivity index (χ0) is 10.2. The Bertz CT molecular complexity index is 554. The van der Waals surface area contributed by atoms with Gasteiger partial charge >= 0.3 is 10.1 Å². The van der Waals surface area contributed by atoms with Gasteiger partial charge in [-0.1, -0.05) is 6.07 Å². The van der Waals surface area contributed by atoms with Crippen LogP contribution in [0.1, 0.15) is 0 Å². The number of hydrogen-bond donors (Lipinski definition) is 0. The molecule has 0 aliphatic carbocycles. The third-order valence-corrected chi connectivity index (χ3v) is 3.06. The van der Waals surface area contributed by atoms with Gasteiger partial charge in [-0.15, -0.1) is 11.3 Å². The van der Waals surface area contributed by atoms with Gasteiger partial charge in [0, 0.05) is 10.1 Å². The summed E-state index contributed by atoms with van der Waals surface area (Å²) >= 11 is 1.55. The van der Waals surface area contributed by atoms with Gasteiger partial charge in [0.25, 0.3) is 0 Å². The molecule has 0 radical (unpaired) electrons. The van der Waals surface area contributed by atoms with Gasteiger partial charge in [-0.25, -0.2) is 0 Å². The molecule has 0 unspecified atom stereocenters. The zero-order valence-electron chi connectivity index (χ0n) is 7.43. The molecule has 0 aliphatic heterocycles. The maximum atomic E-state index is 10.9. The highest BCUT2D eigenvalue weighted by Gasteiger charge is 2.08. The van der Waals surface area contributed by atoms with Gasteiger partial charge in [0.15, 0.2) is 5.75 Å². The summed E-state index contributed by atoms with van der Waals surface area (Å²) in [7, 11) is -3.44. The molecule has 0 amide bonds. The lowest BCUT2D eigenvalue weighted by Gasteiger charge is -2.03. The second kappa shape index (κ2) is 3.25. The van der Waals surface area contributed by atoms with Gasteiger partial charge in [-0.3, -0.25) is 0 Å². The molecule has 0 fully saturated rings. The van der Waals surface area contributed by atoms with Crippen LogP contribution in [0.25, 0.3) is 10.1 Å². The average Bonchev–Trinajstić information content (AvgIpc) is 2.49. The quantitative estimate of drug-likeness (QED) is 0.740. The Kier molecular flexibility index (Phi) is 2.20. The van der Waals surface area contributed by atoms with Crippen LogP contribution in [0.2, 0.25) is 0 Å². The normalized spacial score (nSPS) is 11.8. The van der Waals surface area contributed by atoms with Crippen molar-refractivity contribution in [3.63, 3.8) is 0 Å². The predicted molar refractivity (Wildman–Crippen MR) is 57.3 cm³/mol. The van der Waals surface area contributed by atoms with Crippen LogP contribution in [-0.4, -0.2) is 14.7 Å². The maximum absolute atomic E-state index is 10.9. The molecule has 0 spiro atoms. The summed E-state index contributed by atoms with van der Waals surface area (Å²) < 4.78 is 27.8. The molecule has 3 nitrogen and oxygen atoms in total. The standard InChI is InChI=1S/C9H8O3S2/c1-14(10,11)12-8-3-2-4-9-7(8)5-6-13-9/h2-6H,1H3. The molecule has 0 aliphatic rings. The molecule has 2 aromatic rings. The molecule has 5 heteroatoms. The summed E-state index contributed by atoms with van der Waals surface area (Å²) in [6, 6.07) is 7.20. The molecule has 74 valence electrons. The van der Waals surface area contributed by atoms with E-state index in [1.807, 2.05) is 17.5 Å². The summed E-state index contributed by atoms with van der Waals surface area (Å²) in [5.41, 5.74) is 0. The highest BCUT2D eigenvalue weighted by atomic mass is 32.2. The molecule has 0 saturated carbocycles. The van der Waals surface area contributed by atoms with Crippen molar-refractivity contribution in [3.8, 4) is 5.75 Å². The molecule has 2 rings (SSSR count). The van der Waals surface area contributed by atoms with E-state index in [0.717, 1.165) is 16.3 Å². The van der Waals surface area contributed by atoms with E-state index < -0.39 is 10.1 Å². The van der Waals surface area contributed by atoms with Gasteiger partial charge < -0.3 is 4.18 Å². The number of fused-ring (bicyclic) bond motifs is 1. The van der Waals surface area contributed by atoms with E-state index in [-0.39, 0.29) is 0 Å². The predicted octanol–water partition coefficient (Wildman–Crippen LogP) is 2.24. The van der Waals surface area contributed by atoms with E-state index in [2.05, 4.69) is 0 Å². The third kappa shape index (κ3) is 1.88. The molecule has 1 aromatic carbocycles. The lowest BCUT2D eigenvalue weighted by Crippen LogP contribution is -2.05. The van der Waals surface area contributed by atoms with Crippen molar-refractivity contribution in [2.24, 2.45) is 0 Å². The number of rotatable bonds is 2. The van der Waals surface area contributed by atoms with Crippen LogP contribution in [0.3, 0.4) is 0 Å². The van der Waals surface area contributed by atoms with Crippen LogP contribution in [0.15, 0.2) is 29.6 Å². The van der Waals surface area contributed by atoms with E-state index in [9.17, 15) is 8.42 Å². The van der Waals surface area contributed by atoms with E-state index in [0.29, 0.717) is 5.75 Å². The first-order valence-corrected chi connectivity index (χ1v) is 6.61. The van der Waals surface area contributed by atoms with Gasteiger partial charge in [0.2, 0.25) is 0 Å². The van der Waals surface area contributed by atoms with Crippen molar-refractivity contribution in [2.75, 3.05) is 6.26 Å². The minimum absolute atomic E-state index is 0.395. The van der Waals surface area contributed by atoms with E-state index in [1.54, 1.807) is 23.5 Å². The van der Waals surface area contributed by atoms with Crippen LogP contribution in [0, 0.1) is 0 Å². The molecule has 0 atom stereocenters. The lowest BCUT2D eigenvalue weighted by atomic mass is 10.2. The summed E-state index contributed by atoms with van der Waals surface area (Å²) in [5, 5.41) is 2.74. The molecular formula is C9H8O3S2. The Morgan fingerprint density at radius 3 is 2.79 bits per heavy atom. The fourth-order valence-electron chi connectivity index (χ4n) is 1.20. The first kappa shape index (κ1) is 9.48. The highest BCUT2D eigenvalue weighted by Crippen LogP contribution is 2.30. The van der Waals surface area contributed by atoms with Crippen molar-refractivity contribution in [2.45, 2.75) is 0 Å². The van der Waals surface area contributed by atoms with Crippen LogP contribution in [-0.2, 0) is 10.1 Å². The molecular weight excluding hydrogens is 220 g/mol. The third-order valence-electron chi connectivity index (χ3n) is 1.70.